The molecule has 0 saturated heterocycles. The van der Waals surface area contributed by atoms with Crippen LogP contribution in [-0.2, 0) is 18.9 Å². The van der Waals surface area contributed by atoms with Crippen molar-refractivity contribution in [1.82, 2.24) is 0 Å². The first-order chi connectivity index (χ1) is 20.0. The summed E-state index contributed by atoms with van der Waals surface area (Å²) in [5.74, 6) is -3.07. The molecule has 1 aromatic carbocycles. The van der Waals surface area contributed by atoms with Crippen LogP contribution in [0.4, 0.5) is 0 Å². The van der Waals surface area contributed by atoms with Crippen LogP contribution in [0.25, 0.3) is 0 Å². The zero-order valence-corrected chi connectivity index (χ0v) is 27.2. The van der Waals surface area contributed by atoms with Crippen molar-refractivity contribution < 1.29 is 38.1 Å². The maximum absolute atomic E-state index is 13.4. The van der Waals surface area contributed by atoms with Crippen molar-refractivity contribution in [1.29, 1.82) is 0 Å². The number of ether oxygens (including phenoxy) is 4. The van der Waals surface area contributed by atoms with Gasteiger partial charge in [0, 0.05) is 0 Å². The van der Waals surface area contributed by atoms with Gasteiger partial charge in [-0.15, -0.1) is 0 Å². The summed E-state index contributed by atoms with van der Waals surface area (Å²) in [5.41, 5.74) is -0.575. The van der Waals surface area contributed by atoms with Crippen LogP contribution < -0.4 is 0 Å². The summed E-state index contributed by atoms with van der Waals surface area (Å²) in [6, 6.07) is 2.45. The van der Waals surface area contributed by atoms with Gasteiger partial charge in [-0.05, 0) is 65.5 Å². The van der Waals surface area contributed by atoms with Crippen LogP contribution in [0, 0.1) is 0 Å². The molecular formula is C34H54O8. The lowest BCUT2D eigenvalue weighted by molar-refractivity contribution is 0.0255. The standard InChI is InChI=1S/C34H54O8/c1-9-13-17-23(5)39-31(35)27-21-29(33(37)41-25(7)19-15-11-3)30(34(38)42-26(8)20-16-12-4)22-28(27)32(36)40-24(6)18-14-10-2/h21-26H,9-20H2,1-8H3/t23-,24-,25-,26-/m1/s1. The first kappa shape index (κ1) is 37.1. The fourth-order valence-corrected chi connectivity index (χ4v) is 4.46. The van der Waals surface area contributed by atoms with Crippen LogP contribution >= 0.6 is 0 Å². The Labute approximate surface area is 253 Å². The van der Waals surface area contributed by atoms with Gasteiger partial charge in [-0.3, -0.25) is 0 Å². The number of carbonyl (C=O) groups excluding carboxylic acids is 4. The van der Waals surface area contributed by atoms with Crippen LogP contribution in [0.15, 0.2) is 12.1 Å². The predicted molar refractivity (Wildman–Crippen MR) is 164 cm³/mol. The molecule has 0 aliphatic carbocycles. The molecule has 1 rings (SSSR count). The molecule has 8 heteroatoms. The van der Waals surface area contributed by atoms with Crippen molar-refractivity contribution in [3.63, 3.8) is 0 Å². The van der Waals surface area contributed by atoms with Crippen LogP contribution in [0.3, 0.4) is 0 Å². The zero-order valence-electron chi connectivity index (χ0n) is 27.2. The number of esters is 4. The van der Waals surface area contributed by atoms with E-state index in [1.165, 1.54) is 12.1 Å². The molecule has 0 bridgehead atoms. The van der Waals surface area contributed by atoms with Crippen LogP contribution in [-0.4, -0.2) is 48.3 Å². The van der Waals surface area contributed by atoms with Gasteiger partial charge < -0.3 is 18.9 Å². The van der Waals surface area contributed by atoms with Gasteiger partial charge in [0.1, 0.15) is 0 Å². The van der Waals surface area contributed by atoms with Crippen molar-refractivity contribution in [2.45, 2.75) is 157 Å². The Kier molecular flexibility index (Phi) is 17.8. The van der Waals surface area contributed by atoms with E-state index >= 15 is 0 Å². The highest BCUT2D eigenvalue weighted by Crippen LogP contribution is 2.25. The molecule has 0 fully saturated rings. The molecule has 0 N–H and O–H groups in total. The van der Waals surface area contributed by atoms with Crippen molar-refractivity contribution in [3.05, 3.63) is 34.4 Å². The van der Waals surface area contributed by atoms with E-state index in [2.05, 4.69) is 0 Å². The summed E-state index contributed by atoms with van der Waals surface area (Å²) in [6.07, 6.45) is 8.22. The lowest BCUT2D eigenvalue weighted by Crippen LogP contribution is -2.25. The number of hydrogen-bond donors (Lipinski definition) is 0. The van der Waals surface area contributed by atoms with Crippen molar-refractivity contribution in [3.8, 4) is 0 Å². The van der Waals surface area contributed by atoms with Gasteiger partial charge >= 0.3 is 23.9 Å². The fraction of sp³-hybridized carbons (Fsp3) is 0.706. The largest absolute Gasteiger partial charge is 0.459 e. The Morgan fingerprint density at radius 1 is 0.452 bits per heavy atom. The lowest BCUT2D eigenvalue weighted by Gasteiger charge is -2.20. The number of hydrogen-bond acceptors (Lipinski definition) is 8. The molecule has 8 nitrogen and oxygen atoms in total. The second-order valence-corrected chi connectivity index (χ2v) is 11.4. The Balaban J connectivity index is 3.64. The van der Waals surface area contributed by atoms with E-state index in [0.717, 1.165) is 51.4 Å². The topological polar surface area (TPSA) is 105 Å². The smallest absolute Gasteiger partial charge is 0.339 e. The first-order valence-corrected chi connectivity index (χ1v) is 16.0. The van der Waals surface area contributed by atoms with E-state index in [1.807, 2.05) is 27.7 Å². The Morgan fingerprint density at radius 2 is 0.643 bits per heavy atom. The molecule has 42 heavy (non-hydrogen) atoms. The van der Waals surface area contributed by atoms with E-state index < -0.39 is 48.3 Å². The predicted octanol–water partition coefficient (Wildman–Crippen LogP) is 8.63. The van der Waals surface area contributed by atoms with Crippen LogP contribution in [0.1, 0.15) is 174 Å². The third kappa shape index (κ3) is 13.0. The van der Waals surface area contributed by atoms with Gasteiger partial charge in [0.25, 0.3) is 0 Å². The lowest BCUT2D eigenvalue weighted by atomic mass is 9.97. The average Bonchev–Trinajstić information content (AvgIpc) is 2.95. The molecule has 0 amide bonds. The van der Waals surface area contributed by atoms with E-state index in [-0.39, 0.29) is 22.3 Å². The van der Waals surface area contributed by atoms with E-state index in [4.69, 9.17) is 18.9 Å². The summed E-state index contributed by atoms with van der Waals surface area (Å²) in [5, 5.41) is 0. The molecule has 0 spiro atoms. The van der Waals surface area contributed by atoms with Crippen LogP contribution in [0.2, 0.25) is 0 Å². The SMILES string of the molecule is CCCC[C@@H](C)OC(=O)c1cc(C(=O)O[C@H](C)CCCC)c(C(=O)O[C@H](C)CCCC)cc1C(=O)O[C@H](C)CCCC. The van der Waals surface area contributed by atoms with E-state index in [1.54, 1.807) is 27.7 Å². The Morgan fingerprint density at radius 3 is 0.810 bits per heavy atom. The third-order valence-corrected chi connectivity index (χ3v) is 7.13. The average molecular weight is 591 g/mol. The van der Waals surface area contributed by atoms with Crippen molar-refractivity contribution in [2.24, 2.45) is 0 Å². The molecule has 0 radical (unpaired) electrons. The van der Waals surface area contributed by atoms with Crippen molar-refractivity contribution in [2.75, 3.05) is 0 Å². The quantitative estimate of drug-likeness (QED) is 0.110. The first-order valence-electron chi connectivity index (χ1n) is 16.0. The maximum Gasteiger partial charge on any atom is 0.339 e. The number of benzene rings is 1. The fourth-order valence-electron chi connectivity index (χ4n) is 4.46. The molecule has 238 valence electrons. The second-order valence-electron chi connectivity index (χ2n) is 11.4. The molecule has 0 aliphatic rings. The van der Waals surface area contributed by atoms with Gasteiger partial charge in [-0.25, -0.2) is 19.2 Å². The molecule has 0 aromatic heterocycles. The zero-order chi connectivity index (χ0) is 31.7. The van der Waals surface area contributed by atoms with Crippen LogP contribution in [0.5, 0.6) is 0 Å². The van der Waals surface area contributed by atoms with Gasteiger partial charge in [0.15, 0.2) is 0 Å². The molecular weight excluding hydrogens is 536 g/mol. The summed E-state index contributed by atoms with van der Waals surface area (Å²) in [7, 11) is 0. The Hall–Kier alpha value is -2.90. The van der Waals surface area contributed by atoms with E-state index in [0.29, 0.717) is 25.7 Å². The van der Waals surface area contributed by atoms with Crippen molar-refractivity contribution >= 4 is 23.9 Å². The highest BCUT2D eigenvalue weighted by Gasteiger charge is 2.31. The minimum atomic E-state index is -0.768. The number of carbonyl (C=O) groups is 4. The molecule has 0 saturated carbocycles. The Bertz CT molecular complexity index is 847. The van der Waals surface area contributed by atoms with Gasteiger partial charge in [-0.2, -0.15) is 0 Å². The van der Waals surface area contributed by atoms with Gasteiger partial charge in [0.05, 0.1) is 46.7 Å². The number of rotatable bonds is 20. The summed E-state index contributed by atoms with van der Waals surface area (Å²) in [4.78, 5) is 53.7. The minimum absolute atomic E-state index is 0.144. The molecule has 1 aromatic rings. The maximum atomic E-state index is 13.4. The molecule has 0 aliphatic heterocycles. The van der Waals surface area contributed by atoms with E-state index in [9.17, 15) is 19.2 Å². The minimum Gasteiger partial charge on any atom is -0.459 e. The highest BCUT2D eigenvalue weighted by atomic mass is 16.6. The second kappa shape index (κ2) is 20.1. The van der Waals surface area contributed by atoms with Gasteiger partial charge in [0.2, 0.25) is 0 Å². The summed E-state index contributed by atoms with van der Waals surface area (Å²) < 4.78 is 22.6. The summed E-state index contributed by atoms with van der Waals surface area (Å²) in [6.45, 7) is 15.3. The number of unbranched alkanes of at least 4 members (excludes halogenated alkanes) is 4. The molecule has 0 heterocycles. The highest BCUT2D eigenvalue weighted by molar-refractivity contribution is 6.10. The van der Waals surface area contributed by atoms with Gasteiger partial charge in [-0.1, -0.05) is 79.1 Å². The molecule has 4 atom stereocenters. The normalized spacial score (nSPS) is 13.9. The monoisotopic (exact) mass is 590 g/mol. The third-order valence-electron chi connectivity index (χ3n) is 7.13. The molecule has 0 unspecified atom stereocenters. The summed E-state index contributed by atoms with van der Waals surface area (Å²) >= 11 is 0.